The number of benzene rings is 2. The van der Waals surface area contributed by atoms with Gasteiger partial charge < -0.3 is 9.64 Å². The second-order valence-electron chi connectivity index (χ2n) is 5.70. The number of rotatable bonds is 3. The summed E-state index contributed by atoms with van der Waals surface area (Å²) >= 11 is 1.54. The van der Waals surface area contributed by atoms with Gasteiger partial charge in [0.1, 0.15) is 5.37 Å². The Morgan fingerprint density at radius 3 is 2.52 bits per heavy atom. The highest BCUT2D eigenvalue weighted by atomic mass is 32.2. The molecule has 0 radical (unpaired) electrons. The molecule has 3 rings (SSSR count). The van der Waals surface area contributed by atoms with E-state index in [-0.39, 0.29) is 5.37 Å². The van der Waals surface area contributed by atoms with Crippen LogP contribution in [0.25, 0.3) is 0 Å². The van der Waals surface area contributed by atoms with Crippen LogP contribution < -0.4 is 4.74 Å². The minimum atomic E-state index is -1.44. The molecular weight excluding hydrogens is 351 g/mol. The molecular formula is C18H16F3NO2S. The standard InChI is InChI=1S/C18H16F3NO2S/c1-10-3-5-11(6-4-10)18-22(7-8-25-18)17(23)12-9-13(19)15(21)16(24-2)14(12)20/h3-6,9,18H,7-8H2,1-2H3. The first kappa shape index (κ1) is 17.7. The predicted octanol–water partition coefficient (Wildman–Crippen LogP) is 4.31. The number of aryl methyl sites for hydroxylation is 1. The molecule has 0 saturated carbocycles. The molecule has 0 aromatic heterocycles. The zero-order chi connectivity index (χ0) is 18.1. The van der Waals surface area contributed by atoms with Crippen LogP contribution in [0.15, 0.2) is 30.3 Å². The van der Waals surface area contributed by atoms with Gasteiger partial charge in [0.15, 0.2) is 17.4 Å². The quantitative estimate of drug-likeness (QED) is 0.757. The molecule has 1 heterocycles. The number of carbonyl (C=O) groups is 1. The number of methoxy groups -OCH3 is 1. The summed E-state index contributed by atoms with van der Waals surface area (Å²) in [4.78, 5) is 14.2. The van der Waals surface area contributed by atoms with Crippen LogP contribution >= 0.6 is 11.8 Å². The molecule has 7 heteroatoms. The molecule has 1 saturated heterocycles. The third-order valence-electron chi connectivity index (χ3n) is 4.06. The van der Waals surface area contributed by atoms with E-state index in [0.717, 1.165) is 18.2 Å². The fraction of sp³-hybridized carbons (Fsp3) is 0.278. The van der Waals surface area contributed by atoms with Crippen molar-refractivity contribution in [2.24, 2.45) is 0 Å². The number of ether oxygens (including phenoxy) is 1. The summed E-state index contributed by atoms with van der Waals surface area (Å²) in [6, 6.07) is 8.25. The number of amides is 1. The number of hydrogen-bond acceptors (Lipinski definition) is 3. The van der Waals surface area contributed by atoms with Gasteiger partial charge in [-0.2, -0.15) is 4.39 Å². The lowest BCUT2D eigenvalue weighted by molar-refractivity contribution is 0.0753. The third-order valence-corrected chi connectivity index (χ3v) is 5.33. The molecule has 0 spiro atoms. The Hall–Kier alpha value is -2.15. The summed E-state index contributed by atoms with van der Waals surface area (Å²) < 4.78 is 46.3. The van der Waals surface area contributed by atoms with Crippen molar-refractivity contribution in [3.8, 4) is 5.75 Å². The van der Waals surface area contributed by atoms with E-state index in [0.29, 0.717) is 18.4 Å². The van der Waals surface area contributed by atoms with Gasteiger partial charge in [-0.15, -0.1) is 11.8 Å². The second-order valence-corrected chi connectivity index (χ2v) is 6.89. The van der Waals surface area contributed by atoms with E-state index in [1.54, 1.807) is 0 Å². The Labute approximate surface area is 147 Å². The van der Waals surface area contributed by atoms with Crippen molar-refractivity contribution < 1.29 is 22.7 Å². The average molecular weight is 367 g/mol. The topological polar surface area (TPSA) is 29.5 Å². The van der Waals surface area contributed by atoms with Gasteiger partial charge in [0.2, 0.25) is 5.82 Å². The first-order chi connectivity index (χ1) is 11.9. The van der Waals surface area contributed by atoms with Gasteiger partial charge in [-0.25, -0.2) is 8.78 Å². The molecule has 2 aromatic carbocycles. The molecule has 1 aliphatic rings. The number of halogens is 3. The third kappa shape index (κ3) is 3.20. The van der Waals surface area contributed by atoms with Gasteiger partial charge in [0.25, 0.3) is 5.91 Å². The maximum Gasteiger partial charge on any atom is 0.258 e. The fourth-order valence-electron chi connectivity index (χ4n) is 2.76. The maximum atomic E-state index is 14.4. The molecule has 3 nitrogen and oxygen atoms in total. The largest absolute Gasteiger partial charge is 0.491 e. The molecule has 2 aromatic rings. The first-order valence-electron chi connectivity index (χ1n) is 7.64. The van der Waals surface area contributed by atoms with Crippen LogP contribution in [0.5, 0.6) is 5.75 Å². The predicted molar refractivity (Wildman–Crippen MR) is 90.3 cm³/mol. The zero-order valence-electron chi connectivity index (χ0n) is 13.7. The summed E-state index contributed by atoms with van der Waals surface area (Å²) in [7, 11) is 1.02. The van der Waals surface area contributed by atoms with Gasteiger partial charge >= 0.3 is 0 Å². The highest BCUT2D eigenvalue weighted by Crippen LogP contribution is 2.39. The van der Waals surface area contributed by atoms with Crippen molar-refractivity contribution in [1.29, 1.82) is 0 Å². The van der Waals surface area contributed by atoms with Crippen LogP contribution in [-0.2, 0) is 0 Å². The number of thioether (sulfide) groups is 1. The Balaban J connectivity index is 1.97. The summed E-state index contributed by atoms with van der Waals surface area (Å²) in [5.74, 6) is -4.85. The van der Waals surface area contributed by atoms with Crippen LogP contribution in [0.3, 0.4) is 0 Å². The Kier molecular flexibility index (Phi) is 4.94. The molecule has 1 fully saturated rings. The Morgan fingerprint density at radius 1 is 1.20 bits per heavy atom. The van der Waals surface area contributed by atoms with E-state index < -0.39 is 34.7 Å². The lowest BCUT2D eigenvalue weighted by Crippen LogP contribution is -2.31. The Bertz CT molecular complexity index is 811. The highest BCUT2D eigenvalue weighted by molar-refractivity contribution is 7.99. The second kappa shape index (κ2) is 7.00. The summed E-state index contributed by atoms with van der Waals surface area (Å²) in [5, 5.41) is -0.299. The van der Waals surface area contributed by atoms with E-state index in [9.17, 15) is 18.0 Å². The van der Waals surface area contributed by atoms with Crippen molar-refractivity contribution >= 4 is 17.7 Å². The van der Waals surface area contributed by atoms with Crippen molar-refractivity contribution in [2.45, 2.75) is 12.3 Å². The molecule has 0 N–H and O–H groups in total. The van der Waals surface area contributed by atoms with E-state index >= 15 is 0 Å². The van der Waals surface area contributed by atoms with E-state index in [4.69, 9.17) is 0 Å². The van der Waals surface area contributed by atoms with Gasteiger partial charge in [-0.1, -0.05) is 29.8 Å². The molecule has 1 atom stereocenters. The Morgan fingerprint density at radius 2 is 1.88 bits per heavy atom. The molecule has 1 aliphatic heterocycles. The van der Waals surface area contributed by atoms with Crippen LogP contribution in [0.1, 0.15) is 26.9 Å². The molecule has 132 valence electrons. The average Bonchev–Trinajstić information content (AvgIpc) is 3.08. The molecule has 1 amide bonds. The maximum absolute atomic E-state index is 14.4. The van der Waals surface area contributed by atoms with Crippen LogP contribution in [0.4, 0.5) is 13.2 Å². The van der Waals surface area contributed by atoms with Crippen LogP contribution in [0, 0.1) is 24.4 Å². The van der Waals surface area contributed by atoms with Crippen LogP contribution in [-0.4, -0.2) is 30.2 Å². The number of nitrogens with zero attached hydrogens (tertiary/aromatic N) is 1. The SMILES string of the molecule is COc1c(F)c(F)cc(C(=O)N2CCSC2c2ccc(C)cc2)c1F. The molecule has 25 heavy (non-hydrogen) atoms. The monoisotopic (exact) mass is 367 g/mol. The summed E-state index contributed by atoms with van der Waals surface area (Å²) in [6.45, 7) is 2.35. The van der Waals surface area contributed by atoms with Gasteiger partial charge in [0.05, 0.1) is 12.7 Å². The first-order valence-corrected chi connectivity index (χ1v) is 8.69. The van der Waals surface area contributed by atoms with Crippen molar-refractivity contribution in [1.82, 2.24) is 4.90 Å². The summed E-state index contributed by atoms with van der Waals surface area (Å²) in [5.41, 5.74) is 1.45. The smallest absolute Gasteiger partial charge is 0.258 e. The minimum Gasteiger partial charge on any atom is -0.491 e. The lowest BCUT2D eigenvalue weighted by Gasteiger charge is -2.25. The number of hydrogen-bond donors (Lipinski definition) is 0. The van der Waals surface area contributed by atoms with Gasteiger partial charge in [-0.3, -0.25) is 4.79 Å². The minimum absolute atomic E-state index is 0.299. The van der Waals surface area contributed by atoms with Gasteiger partial charge in [0, 0.05) is 12.3 Å². The van der Waals surface area contributed by atoms with E-state index in [1.165, 1.54) is 16.7 Å². The highest BCUT2D eigenvalue weighted by Gasteiger charge is 2.34. The van der Waals surface area contributed by atoms with Crippen molar-refractivity contribution in [2.75, 3.05) is 19.4 Å². The van der Waals surface area contributed by atoms with Gasteiger partial charge in [-0.05, 0) is 18.6 Å². The fourth-order valence-corrected chi connectivity index (χ4v) is 4.01. The molecule has 0 aliphatic carbocycles. The zero-order valence-corrected chi connectivity index (χ0v) is 14.5. The molecule has 1 unspecified atom stereocenters. The summed E-state index contributed by atoms with van der Waals surface area (Å²) in [6.07, 6.45) is 0. The van der Waals surface area contributed by atoms with E-state index in [2.05, 4.69) is 4.74 Å². The van der Waals surface area contributed by atoms with E-state index in [1.807, 2.05) is 31.2 Å². The van der Waals surface area contributed by atoms with Crippen molar-refractivity contribution in [3.05, 3.63) is 64.5 Å². The normalized spacial score (nSPS) is 17.0. The lowest BCUT2D eigenvalue weighted by atomic mass is 10.1. The molecule has 0 bridgehead atoms. The van der Waals surface area contributed by atoms with Crippen molar-refractivity contribution in [3.63, 3.8) is 0 Å². The number of carbonyl (C=O) groups excluding carboxylic acids is 1. The van der Waals surface area contributed by atoms with Crippen LogP contribution in [0.2, 0.25) is 0 Å².